The number of urea groups is 1. The first-order valence-corrected chi connectivity index (χ1v) is 11.4. The van der Waals surface area contributed by atoms with Crippen molar-refractivity contribution in [3.63, 3.8) is 0 Å². The molecule has 3 aromatic rings. The number of carbonyl (C=O) groups is 1. The number of hydrogen-bond acceptors (Lipinski definition) is 1. The van der Waals surface area contributed by atoms with Crippen molar-refractivity contribution in [1.82, 2.24) is 10.6 Å². The number of benzene rings is 3. The van der Waals surface area contributed by atoms with Gasteiger partial charge in [0, 0.05) is 12.5 Å². The lowest BCUT2D eigenvalue weighted by Gasteiger charge is -2.37. The molecule has 184 valence electrons. The smallest absolute Gasteiger partial charge is 0.335 e. The molecular weight excluding hydrogens is 463 g/mol. The van der Waals surface area contributed by atoms with Gasteiger partial charge in [-0.05, 0) is 59.9 Å². The Labute approximate surface area is 200 Å². The summed E-state index contributed by atoms with van der Waals surface area (Å²) in [6.07, 6.45) is -1.25. The summed E-state index contributed by atoms with van der Waals surface area (Å²) in [5.74, 6) is -1.64. The Morgan fingerprint density at radius 2 is 1.43 bits per heavy atom. The van der Waals surface area contributed by atoms with Crippen LogP contribution in [0.15, 0.2) is 72.8 Å². The van der Waals surface area contributed by atoms with Gasteiger partial charge in [0.25, 0.3) is 0 Å². The largest absolute Gasteiger partial charge is 0.416 e. The predicted molar refractivity (Wildman–Crippen MR) is 123 cm³/mol. The van der Waals surface area contributed by atoms with E-state index in [0.29, 0.717) is 17.2 Å². The average Bonchev–Trinajstić information content (AvgIpc) is 3.31. The molecule has 2 amide bonds. The normalized spacial score (nSPS) is 16.0. The van der Waals surface area contributed by atoms with Crippen molar-refractivity contribution >= 4 is 6.03 Å². The van der Waals surface area contributed by atoms with Crippen molar-refractivity contribution in [2.75, 3.05) is 0 Å². The summed E-state index contributed by atoms with van der Waals surface area (Å²) in [5, 5.41) is 5.75. The molecule has 1 aliphatic rings. The zero-order chi connectivity index (χ0) is 25.1. The Bertz CT molecular complexity index is 1160. The van der Waals surface area contributed by atoms with E-state index in [1.165, 1.54) is 12.1 Å². The quantitative estimate of drug-likeness (QED) is 0.372. The fourth-order valence-electron chi connectivity index (χ4n) is 4.68. The monoisotopic (exact) mass is 488 g/mol. The molecule has 0 heterocycles. The number of nitrogens with one attached hydrogen (secondary N) is 2. The second-order valence-electron chi connectivity index (χ2n) is 8.88. The van der Waals surface area contributed by atoms with E-state index in [4.69, 9.17) is 0 Å². The van der Waals surface area contributed by atoms with Gasteiger partial charge in [-0.25, -0.2) is 13.6 Å². The first kappa shape index (κ1) is 24.7. The fourth-order valence-corrected chi connectivity index (χ4v) is 4.68. The Hall–Kier alpha value is -3.42. The van der Waals surface area contributed by atoms with Crippen molar-refractivity contribution < 1.29 is 26.7 Å². The van der Waals surface area contributed by atoms with Crippen molar-refractivity contribution in [2.24, 2.45) is 0 Å². The van der Waals surface area contributed by atoms with Gasteiger partial charge in [0.05, 0.1) is 11.1 Å². The third kappa shape index (κ3) is 5.81. The minimum Gasteiger partial charge on any atom is -0.335 e. The first-order chi connectivity index (χ1) is 16.7. The van der Waals surface area contributed by atoms with Crippen LogP contribution in [0.2, 0.25) is 0 Å². The van der Waals surface area contributed by atoms with E-state index >= 15 is 0 Å². The molecule has 1 saturated carbocycles. The third-order valence-electron chi connectivity index (χ3n) is 6.38. The second-order valence-corrected chi connectivity index (χ2v) is 8.88. The molecule has 0 saturated heterocycles. The summed E-state index contributed by atoms with van der Waals surface area (Å²) in [7, 11) is 0. The van der Waals surface area contributed by atoms with Gasteiger partial charge in [-0.3, -0.25) is 0 Å². The lowest BCUT2D eigenvalue weighted by Crippen LogP contribution is -2.53. The summed E-state index contributed by atoms with van der Waals surface area (Å²) in [5.41, 5.74) is -1.87. The van der Waals surface area contributed by atoms with E-state index in [0.717, 1.165) is 49.9 Å². The highest BCUT2D eigenvalue weighted by atomic mass is 19.4. The number of halogens is 5. The third-order valence-corrected chi connectivity index (χ3v) is 6.38. The molecule has 2 N–H and O–H groups in total. The van der Waals surface area contributed by atoms with Crippen LogP contribution >= 0.6 is 0 Å². The van der Waals surface area contributed by atoms with E-state index in [2.05, 4.69) is 10.6 Å². The van der Waals surface area contributed by atoms with Gasteiger partial charge >= 0.3 is 12.2 Å². The highest BCUT2D eigenvalue weighted by Gasteiger charge is 2.40. The molecule has 0 aliphatic heterocycles. The maximum Gasteiger partial charge on any atom is 0.416 e. The van der Waals surface area contributed by atoms with Crippen LogP contribution in [0, 0.1) is 11.6 Å². The van der Waals surface area contributed by atoms with Gasteiger partial charge in [-0.1, -0.05) is 55.3 Å². The standard InChI is InChI=1S/C27H25F5N2O/c28-22-12-10-19(11-13-22)26(17-18-6-2-1-3-7-18,34-25(35)33-24-8-4-5-9-24)20-14-21(27(30,31)32)16-23(29)15-20/h1-3,6-7,10-16,24H,4-5,8-9,17H2,(H2,33,34,35)/t26-/m1/s1. The van der Waals surface area contributed by atoms with Gasteiger partial charge in [0.2, 0.25) is 0 Å². The SMILES string of the molecule is O=C(NC1CCCC1)N[C@](Cc1ccccc1)(c1ccc(F)cc1)c1cc(F)cc(C(F)(F)F)c1. The van der Waals surface area contributed by atoms with Crippen LogP contribution in [-0.2, 0) is 18.1 Å². The molecular formula is C27H25F5N2O. The molecule has 0 unspecified atom stereocenters. The zero-order valence-corrected chi connectivity index (χ0v) is 18.8. The zero-order valence-electron chi connectivity index (χ0n) is 18.8. The molecule has 0 spiro atoms. The first-order valence-electron chi connectivity index (χ1n) is 11.4. The van der Waals surface area contributed by atoms with E-state index in [1.54, 1.807) is 30.3 Å². The summed E-state index contributed by atoms with van der Waals surface area (Å²) >= 11 is 0. The number of hydrogen-bond donors (Lipinski definition) is 2. The molecule has 0 aromatic heterocycles. The van der Waals surface area contributed by atoms with Crippen LogP contribution in [0.1, 0.15) is 47.9 Å². The van der Waals surface area contributed by atoms with Crippen LogP contribution in [-0.4, -0.2) is 12.1 Å². The van der Waals surface area contributed by atoms with Gasteiger partial charge in [0.1, 0.15) is 11.6 Å². The van der Waals surface area contributed by atoms with Crippen LogP contribution < -0.4 is 10.6 Å². The van der Waals surface area contributed by atoms with E-state index in [9.17, 15) is 26.7 Å². The summed E-state index contributed by atoms with van der Waals surface area (Å²) in [6.45, 7) is 0. The Morgan fingerprint density at radius 1 is 0.800 bits per heavy atom. The van der Waals surface area contributed by atoms with Crippen LogP contribution in [0.3, 0.4) is 0 Å². The second kappa shape index (κ2) is 10.1. The average molecular weight is 489 g/mol. The minimum absolute atomic E-state index is 0.0122. The topological polar surface area (TPSA) is 41.1 Å². The van der Waals surface area contributed by atoms with Crippen molar-refractivity contribution in [2.45, 2.75) is 49.9 Å². The van der Waals surface area contributed by atoms with Gasteiger partial charge in [-0.2, -0.15) is 13.2 Å². The predicted octanol–water partition coefficient (Wildman–Crippen LogP) is 6.71. The number of amides is 2. The summed E-state index contributed by atoms with van der Waals surface area (Å²) < 4.78 is 69.3. The number of alkyl halides is 3. The van der Waals surface area contributed by atoms with Crippen molar-refractivity contribution in [3.8, 4) is 0 Å². The highest BCUT2D eigenvalue weighted by molar-refractivity contribution is 5.76. The Balaban J connectivity index is 1.89. The highest BCUT2D eigenvalue weighted by Crippen LogP contribution is 2.38. The minimum atomic E-state index is -4.80. The molecule has 0 radical (unpaired) electrons. The molecule has 8 heteroatoms. The molecule has 1 aliphatic carbocycles. The number of rotatable bonds is 6. The molecule has 0 bridgehead atoms. The van der Waals surface area contributed by atoms with E-state index in [-0.39, 0.29) is 18.0 Å². The lowest BCUT2D eigenvalue weighted by molar-refractivity contribution is -0.137. The van der Waals surface area contributed by atoms with Gasteiger partial charge in [-0.15, -0.1) is 0 Å². The van der Waals surface area contributed by atoms with Crippen molar-refractivity contribution in [1.29, 1.82) is 0 Å². The lowest BCUT2D eigenvalue weighted by atomic mass is 9.77. The van der Waals surface area contributed by atoms with Crippen LogP contribution in [0.4, 0.5) is 26.7 Å². The molecule has 3 nitrogen and oxygen atoms in total. The Kier molecular flexibility index (Phi) is 7.10. The van der Waals surface area contributed by atoms with Gasteiger partial charge < -0.3 is 10.6 Å². The van der Waals surface area contributed by atoms with E-state index < -0.39 is 34.9 Å². The molecule has 4 rings (SSSR count). The maximum absolute atomic E-state index is 14.6. The molecule has 35 heavy (non-hydrogen) atoms. The molecule has 1 fully saturated rings. The van der Waals surface area contributed by atoms with E-state index in [1.807, 2.05) is 0 Å². The Morgan fingerprint density at radius 3 is 2.06 bits per heavy atom. The maximum atomic E-state index is 14.6. The molecule has 1 atom stereocenters. The van der Waals surface area contributed by atoms with Crippen LogP contribution in [0.5, 0.6) is 0 Å². The fraction of sp³-hybridized carbons (Fsp3) is 0.296. The van der Waals surface area contributed by atoms with Crippen LogP contribution in [0.25, 0.3) is 0 Å². The summed E-state index contributed by atoms with van der Waals surface area (Å²) in [6, 6.07) is 15.5. The van der Waals surface area contributed by atoms with Crippen molar-refractivity contribution in [3.05, 3.63) is 107 Å². The summed E-state index contributed by atoms with van der Waals surface area (Å²) in [4.78, 5) is 13.2. The van der Waals surface area contributed by atoms with Gasteiger partial charge in [0.15, 0.2) is 0 Å². The number of carbonyl (C=O) groups excluding carboxylic acids is 1. The molecule has 3 aromatic carbocycles.